The van der Waals surface area contributed by atoms with E-state index in [1.165, 1.54) is 0 Å². The Bertz CT molecular complexity index is 553. The lowest BCUT2D eigenvalue weighted by molar-refractivity contribution is 0.150. The first kappa shape index (κ1) is 13.0. The van der Waals surface area contributed by atoms with Crippen molar-refractivity contribution in [1.29, 1.82) is 0 Å². The number of oxazole rings is 1. The molecule has 6 heteroatoms. The van der Waals surface area contributed by atoms with Crippen molar-refractivity contribution in [2.45, 2.75) is 18.6 Å². The summed E-state index contributed by atoms with van der Waals surface area (Å²) in [6.07, 6.45) is 0.953. The summed E-state index contributed by atoms with van der Waals surface area (Å²) in [6.45, 7) is 3.16. The second-order valence-electron chi connectivity index (χ2n) is 3.87. The number of fused-ring (bicyclic) bond motifs is 1. The molecule has 0 fully saturated rings. The van der Waals surface area contributed by atoms with Gasteiger partial charge in [-0.3, -0.25) is 0 Å². The van der Waals surface area contributed by atoms with Crippen molar-refractivity contribution >= 4 is 27.6 Å². The van der Waals surface area contributed by atoms with E-state index in [4.69, 9.17) is 14.9 Å². The number of rotatable bonds is 6. The first-order valence-electron chi connectivity index (χ1n) is 5.83. The number of nitrogens with two attached hydrogens (primary N) is 1. The van der Waals surface area contributed by atoms with E-state index in [0.717, 1.165) is 6.42 Å². The molecule has 2 rings (SSSR count). The predicted molar refractivity (Wildman–Crippen MR) is 70.8 cm³/mol. The van der Waals surface area contributed by atoms with Crippen LogP contribution in [0.15, 0.2) is 27.8 Å². The van der Waals surface area contributed by atoms with Gasteiger partial charge >= 0.3 is 0 Å². The van der Waals surface area contributed by atoms with Crippen molar-refractivity contribution in [3.63, 3.8) is 0 Å². The zero-order valence-electron chi connectivity index (χ0n) is 10.2. The molecule has 0 spiro atoms. The molecule has 98 valence electrons. The van der Waals surface area contributed by atoms with E-state index in [-0.39, 0.29) is 5.22 Å². The number of hydrogen-bond acceptors (Lipinski definition) is 5. The number of hydrogen-bond donors (Lipinski definition) is 1. The van der Waals surface area contributed by atoms with Crippen molar-refractivity contribution in [2.75, 3.05) is 24.7 Å². The molecule has 0 bridgehead atoms. The summed E-state index contributed by atoms with van der Waals surface area (Å²) in [7, 11) is -1.27. The van der Waals surface area contributed by atoms with Crippen LogP contribution in [-0.2, 0) is 15.5 Å². The molecule has 1 heterocycles. The SMILES string of the molecule is CCCOCCS(=O)c1nc2cc(N)ccc2o1. The molecule has 18 heavy (non-hydrogen) atoms. The summed E-state index contributed by atoms with van der Waals surface area (Å²) in [6, 6.07) is 5.16. The van der Waals surface area contributed by atoms with Gasteiger partial charge < -0.3 is 14.9 Å². The van der Waals surface area contributed by atoms with E-state index in [2.05, 4.69) is 4.98 Å². The molecule has 0 radical (unpaired) electrons. The third-order valence-corrected chi connectivity index (χ3v) is 3.45. The van der Waals surface area contributed by atoms with Crippen molar-refractivity contribution in [3.8, 4) is 0 Å². The molecule has 2 aromatic rings. The molecule has 0 saturated heterocycles. The lowest BCUT2D eigenvalue weighted by Gasteiger charge is -1.99. The lowest BCUT2D eigenvalue weighted by Crippen LogP contribution is -2.07. The van der Waals surface area contributed by atoms with Gasteiger partial charge in [-0.1, -0.05) is 6.92 Å². The zero-order valence-corrected chi connectivity index (χ0v) is 11.0. The Hall–Kier alpha value is -1.40. The minimum absolute atomic E-state index is 0.232. The molecular formula is C12H16N2O3S. The van der Waals surface area contributed by atoms with Crippen LogP contribution in [0.2, 0.25) is 0 Å². The highest BCUT2D eigenvalue weighted by atomic mass is 32.2. The van der Waals surface area contributed by atoms with E-state index in [1.54, 1.807) is 18.2 Å². The monoisotopic (exact) mass is 268 g/mol. The second kappa shape index (κ2) is 5.97. The Morgan fingerprint density at radius 1 is 1.44 bits per heavy atom. The fraction of sp³-hybridized carbons (Fsp3) is 0.417. The van der Waals surface area contributed by atoms with E-state index in [1.807, 2.05) is 6.92 Å². The Balaban J connectivity index is 2.04. The van der Waals surface area contributed by atoms with Crippen LogP contribution in [0.4, 0.5) is 5.69 Å². The first-order chi connectivity index (χ1) is 8.70. The molecule has 2 N–H and O–H groups in total. The summed E-state index contributed by atoms with van der Waals surface area (Å²) in [4.78, 5) is 4.17. The fourth-order valence-electron chi connectivity index (χ4n) is 1.49. The Morgan fingerprint density at radius 3 is 3.06 bits per heavy atom. The highest BCUT2D eigenvalue weighted by Crippen LogP contribution is 2.20. The number of ether oxygens (including phenoxy) is 1. The Kier molecular flexibility index (Phi) is 4.33. The summed E-state index contributed by atoms with van der Waals surface area (Å²) < 4.78 is 22.6. The number of nitrogens with zero attached hydrogens (tertiary/aromatic N) is 1. The third-order valence-electron chi connectivity index (χ3n) is 2.35. The normalized spacial score (nSPS) is 12.9. The molecule has 0 aliphatic rings. The van der Waals surface area contributed by atoms with Crippen LogP contribution in [0.5, 0.6) is 0 Å². The Morgan fingerprint density at radius 2 is 2.28 bits per heavy atom. The smallest absolute Gasteiger partial charge is 0.288 e. The molecule has 0 aliphatic heterocycles. The highest BCUT2D eigenvalue weighted by molar-refractivity contribution is 7.84. The summed E-state index contributed by atoms with van der Waals surface area (Å²) >= 11 is 0. The first-order valence-corrected chi connectivity index (χ1v) is 7.15. The van der Waals surface area contributed by atoms with Gasteiger partial charge in [-0.05, 0) is 24.6 Å². The number of aromatic nitrogens is 1. The number of anilines is 1. The average molecular weight is 268 g/mol. The quantitative estimate of drug-likeness (QED) is 0.640. The van der Waals surface area contributed by atoms with Crippen LogP contribution in [0, 0.1) is 0 Å². The van der Waals surface area contributed by atoms with E-state index < -0.39 is 10.8 Å². The van der Waals surface area contributed by atoms with Gasteiger partial charge in [-0.2, -0.15) is 0 Å². The van der Waals surface area contributed by atoms with Gasteiger partial charge in [0.05, 0.1) is 12.4 Å². The van der Waals surface area contributed by atoms with Gasteiger partial charge in [0.2, 0.25) is 0 Å². The van der Waals surface area contributed by atoms with Crippen LogP contribution < -0.4 is 5.73 Å². The third kappa shape index (κ3) is 3.08. The summed E-state index contributed by atoms with van der Waals surface area (Å²) in [5.41, 5.74) is 7.49. The molecule has 0 saturated carbocycles. The fourth-order valence-corrected chi connectivity index (χ4v) is 2.32. The minimum atomic E-state index is -1.27. The van der Waals surface area contributed by atoms with E-state index >= 15 is 0 Å². The number of nitrogen functional groups attached to an aromatic ring is 1. The van der Waals surface area contributed by atoms with E-state index in [0.29, 0.717) is 35.8 Å². The van der Waals surface area contributed by atoms with Crippen molar-refractivity contribution in [1.82, 2.24) is 4.98 Å². The van der Waals surface area contributed by atoms with Crippen LogP contribution in [0.3, 0.4) is 0 Å². The van der Waals surface area contributed by atoms with Gasteiger partial charge in [0, 0.05) is 12.3 Å². The van der Waals surface area contributed by atoms with Gasteiger partial charge in [-0.15, -0.1) is 0 Å². The van der Waals surface area contributed by atoms with Crippen LogP contribution in [0.25, 0.3) is 11.1 Å². The largest absolute Gasteiger partial charge is 0.430 e. The predicted octanol–water partition coefficient (Wildman–Crippen LogP) is 1.94. The van der Waals surface area contributed by atoms with Gasteiger partial charge in [0.15, 0.2) is 5.58 Å². The summed E-state index contributed by atoms with van der Waals surface area (Å²) in [5, 5.41) is 0.232. The van der Waals surface area contributed by atoms with Gasteiger partial charge in [-0.25, -0.2) is 9.19 Å². The molecule has 1 unspecified atom stereocenters. The topological polar surface area (TPSA) is 78.3 Å². The highest BCUT2D eigenvalue weighted by Gasteiger charge is 2.12. The lowest BCUT2D eigenvalue weighted by atomic mass is 10.3. The number of benzene rings is 1. The van der Waals surface area contributed by atoms with E-state index in [9.17, 15) is 4.21 Å². The average Bonchev–Trinajstić information content (AvgIpc) is 2.77. The van der Waals surface area contributed by atoms with Crippen LogP contribution >= 0.6 is 0 Å². The van der Waals surface area contributed by atoms with Crippen molar-refractivity contribution in [2.24, 2.45) is 0 Å². The van der Waals surface area contributed by atoms with Crippen molar-refractivity contribution < 1.29 is 13.4 Å². The maximum absolute atomic E-state index is 11.9. The molecule has 0 amide bonds. The molecule has 5 nitrogen and oxygen atoms in total. The minimum Gasteiger partial charge on any atom is -0.430 e. The van der Waals surface area contributed by atoms with Gasteiger partial charge in [0.1, 0.15) is 16.3 Å². The molecule has 0 aliphatic carbocycles. The van der Waals surface area contributed by atoms with Crippen LogP contribution in [0.1, 0.15) is 13.3 Å². The summed E-state index contributed by atoms with van der Waals surface area (Å²) in [5.74, 6) is 0.391. The van der Waals surface area contributed by atoms with Crippen LogP contribution in [-0.4, -0.2) is 28.2 Å². The zero-order chi connectivity index (χ0) is 13.0. The molecule has 1 atom stereocenters. The molecular weight excluding hydrogens is 252 g/mol. The molecule has 1 aromatic heterocycles. The maximum Gasteiger partial charge on any atom is 0.288 e. The molecule has 1 aromatic carbocycles. The maximum atomic E-state index is 11.9. The second-order valence-corrected chi connectivity index (χ2v) is 5.32. The Labute approximate surface area is 108 Å². The standard InChI is InChI=1S/C12H16N2O3S/c1-2-5-16-6-7-18(15)12-14-10-8-9(13)3-4-11(10)17-12/h3-4,8H,2,5-7,13H2,1H3. The van der Waals surface area contributed by atoms with Crippen molar-refractivity contribution in [3.05, 3.63) is 18.2 Å². The van der Waals surface area contributed by atoms with Gasteiger partial charge in [0.25, 0.3) is 5.22 Å².